The van der Waals surface area contributed by atoms with Crippen molar-refractivity contribution < 1.29 is 29.0 Å². The molecule has 0 heterocycles. The van der Waals surface area contributed by atoms with Crippen molar-refractivity contribution in [1.82, 2.24) is 5.01 Å². The van der Waals surface area contributed by atoms with Gasteiger partial charge in [0.25, 0.3) is 6.79 Å². The lowest BCUT2D eigenvalue weighted by Gasteiger charge is -2.08. The summed E-state index contributed by atoms with van der Waals surface area (Å²) in [6, 6.07) is 0. The van der Waals surface area contributed by atoms with Gasteiger partial charge in [-0.3, -0.25) is 9.80 Å². The first kappa shape index (κ1) is 14.9. The van der Waals surface area contributed by atoms with Crippen LogP contribution in [0.5, 0.6) is 0 Å². The summed E-state index contributed by atoms with van der Waals surface area (Å²) >= 11 is 0. The van der Waals surface area contributed by atoms with Crippen LogP contribution in [0, 0.1) is 0 Å². The zero-order valence-corrected chi connectivity index (χ0v) is 9.66. The summed E-state index contributed by atoms with van der Waals surface area (Å²) in [6.07, 6.45) is -0.370. The van der Waals surface area contributed by atoms with E-state index in [2.05, 4.69) is 24.8 Å². The Bertz CT molecular complexity index is 270. The van der Waals surface area contributed by atoms with Crippen molar-refractivity contribution in [2.45, 2.75) is 12.8 Å². The number of carboxylic acids is 1. The van der Waals surface area contributed by atoms with Crippen molar-refractivity contribution in [2.24, 2.45) is 10.5 Å². The molecule has 0 saturated carbocycles. The Morgan fingerprint density at radius 3 is 2.71 bits per heavy atom. The highest BCUT2D eigenvalue weighted by atomic mass is 16.8. The number of hydrogen-bond acceptors (Lipinski definition) is 7. The fraction of sp³-hybridized carbons (Fsp3) is 0.750. The van der Waals surface area contributed by atoms with Gasteiger partial charge in [0.1, 0.15) is 0 Å². The summed E-state index contributed by atoms with van der Waals surface area (Å²) in [6.45, 7) is 0.0240. The molecule has 0 fully saturated rings. The van der Waals surface area contributed by atoms with Gasteiger partial charge in [0.05, 0.1) is 7.11 Å². The van der Waals surface area contributed by atoms with Crippen LogP contribution in [0.2, 0.25) is 0 Å². The second-order valence-electron chi connectivity index (χ2n) is 2.90. The molecule has 0 atom stereocenters. The predicted octanol–water partition coefficient (Wildman–Crippen LogP) is 0.822. The number of nitrogens with zero attached hydrogens (tertiary/aromatic N) is 3. The Kier molecular flexibility index (Phi) is 8.07. The van der Waals surface area contributed by atoms with Crippen LogP contribution in [0.3, 0.4) is 0 Å². The lowest BCUT2D eigenvalue weighted by atomic mass is 10.3. The van der Waals surface area contributed by atoms with Gasteiger partial charge in [-0.25, -0.2) is 4.79 Å². The van der Waals surface area contributed by atoms with E-state index in [4.69, 9.17) is 5.11 Å². The highest BCUT2D eigenvalue weighted by Gasteiger charge is 2.00. The largest absolute Gasteiger partial charge is 0.510 e. The van der Waals surface area contributed by atoms with E-state index >= 15 is 0 Å². The molecule has 0 aromatic carbocycles. The van der Waals surface area contributed by atoms with Crippen molar-refractivity contribution in [3.63, 3.8) is 0 Å². The van der Waals surface area contributed by atoms with Gasteiger partial charge in [-0.1, -0.05) is 0 Å². The first-order chi connectivity index (χ1) is 8.06. The maximum Gasteiger partial charge on any atom is 0.510 e. The lowest BCUT2D eigenvalue weighted by Crippen LogP contribution is -2.13. The Morgan fingerprint density at radius 2 is 2.12 bits per heavy atom. The summed E-state index contributed by atoms with van der Waals surface area (Å²) in [4.78, 5) is 25.1. The van der Waals surface area contributed by atoms with Crippen LogP contribution in [0.1, 0.15) is 12.8 Å². The Balaban J connectivity index is 3.49. The van der Waals surface area contributed by atoms with Gasteiger partial charge in [-0.05, 0) is 11.6 Å². The number of aliphatic carboxylic acids is 1. The van der Waals surface area contributed by atoms with Gasteiger partial charge in [-0.15, -0.1) is 0 Å². The second-order valence-corrected chi connectivity index (χ2v) is 2.90. The molecule has 0 spiro atoms. The van der Waals surface area contributed by atoms with Crippen molar-refractivity contribution in [3.8, 4) is 0 Å². The smallest absolute Gasteiger partial charge is 0.481 e. The topological polar surface area (TPSA) is 110 Å². The van der Waals surface area contributed by atoms with Gasteiger partial charge in [0, 0.05) is 25.3 Å². The SMILES string of the molecule is COC(=O)OCO/N=N\N(C)CCCC(=O)O. The van der Waals surface area contributed by atoms with Crippen LogP contribution >= 0.6 is 0 Å². The second kappa shape index (κ2) is 9.19. The van der Waals surface area contributed by atoms with Gasteiger partial charge in [0.2, 0.25) is 0 Å². The third-order valence-electron chi connectivity index (χ3n) is 1.52. The van der Waals surface area contributed by atoms with Crippen molar-refractivity contribution in [2.75, 3.05) is 27.5 Å². The number of rotatable bonds is 8. The van der Waals surface area contributed by atoms with E-state index in [1.807, 2.05) is 0 Å². The van der Waals surface area contributed by atoms with Crippen molar-refractivity contribution >= 4 is 12.1 Å². The van der Waals surface area contributed by atoms with Gasteiger partial charge >= 0.3 is 12.1 Å². The minimum Gasteiger partial charge on any atom is -0.481 e. The van der Waals surface area contributed by atoms with Crippen LogP contribution < -0.4 is 0 Å². The van der Waals surface area contributed by atoms with Crippen LogP contribution in [0.15, 0.2) is 10.5 Å². The maximum absolute atomic E-state index is 10.5. The van der Waals surface area contributed by atoms with Gasteiger partial charge in [-0.2, -0.15) is 0 Å². The minimum atomic E-state index is -0.880. The zero-order chi connectivity index (χ0) is 13.1. The third kappa shape index (κ3) is 10.2. The quantitative estimate of drug-likeness (QED) is 0.223. The highest BCUT2D eigenvalue weighted by molar-refractivity contribution is 5.66. The molecule has 0 aliphatic carbocycles. The molecule has 9 nitrogen and oxygen atoms in total. The van der Waals surface area contributed by atoms with Crippen molar-refractivity contribution in [1.29, 1.82) is 0 Å². The van der Waals surface area contributed by atoms with E-state index < -0.39 is 18.9 Å². The molecule has 0 amide bonds. The van der Waals surface area contributed by atoms with E-state index in [1.54, 1.807) is 7.05 Å². The molecule has 0 saturated heterocycles. The summed E-state index contributed by atoms with van der Waals surface area (Å²) in [5.74, 6) is -0.863. The predicted molar refractivity (Wildman–Crippen MR) is 53.8 cm³/mol. The monoisotopic (exact) mass is 249 g/mol. The van der Waals surface area contributed by atoms with E-state index in [9.17, 15) is 9.59 Å². The molecule has 0 rings (SSSR count). The molecule has 1 N–H and O–H groups in total. The molecule has 0 aromatic rings. The highest BCUT2D eigenvalue weighted by Crippen LogP contribution is 1.94. The molecule has 17 heavy (non-hydrogen) atoms. The first-order valence-electron chi connectivity index (χ1n) is 4.73. The molecule has 9 heteroatoms. The molecule has 98 valence electrons. The summed E-state index contributed by atoms with van der Waals surface area (Å²) in [7, 11) is 2.77. The standard InChI is InChI=1S/C8H15N3O6/c1-11(5-3-4-7(12)13)9-10-17-6-16-8(14)15-2/h3-6H2,1-2H3,(H,12,13)/b10-9-. The average Bonchev–Trinajstić information content (AvgIpc) is 2.27. The number of carboxylic acid groups (broad SMARTS) is 1. The van der Waals surface area contributed by atoms with E-state index in [0.717, 1.165) is 0 Å². The third-order valence-corrected chi connectivity index (χ3v) is 1.52. The molecule has 0 bridgehead atoms. The Hall–Kier alpha value is -2.06. The Morgan fingerprint density at radius 1 is 1.41 bits per heavy atom. The number of ether oxygens (including phenoxy) is 2. The Labute approximate surface area is 97.9 Å². The maximum atomic E-state index is 10.5. The van der Waals surface area contributed by atoms with E-state index in [0.29, 0.717) is 13.0 Å². The first-order valence-corrected chi connectivity index (χ1v) is 4.73. The molecule has 0 aliphatic heterocycles. The minimum absolute atomic E-state index is 0.0617. The van der Waals surface area contributed by atoms with Gasteiger partial charge in [0.15, 0.2) is 0 Å². The molecular formula is C8H15N3O6. The molecule has 0 aliphatic rings. The molecule has 0 radical (unpaired) electrons. The van der Waals surface area contributed by atoms with E-state index in [1.165, 1.54) is 12.1 Å². The van der Waals surface area contributed by atoms with Crippen molar-refractivity contribution in [3.05, 3.63) is 0 Å². The molecule has 0 aromatic heterocycles. The normalized spacial score (nSPS) is 10.0. The van der Waals surface area contributed by atoms with Crippen LogP contribution in [-0.2, 0) is 19.1 Å². The fourth-order valence-corrected chi connectivity index (χ4v) is 0.749. The summed E-state index contributed by atoms with van der Waals surface area (Å²) < 4.78 is 8.53. The lowest BCUT2D eigenvalue weighted by molar-refractivity contribution is -0.137. The molecule has 0 unspecified atom stereocenters. The fourth-order valence-electron chi connectivity index (χ4n) is 0.749. The van der Waals surface area contributed by atoms with Crippen LogP contribution in [-0.4, -0.2) is 49.7 Å². The van der Waals surface area contributed by atoms with Crippen LogP contribution in [0.25, 0.3) is 0 Å². The number of carbonyl (C=O) groups excluding carboxylic acids is 1. The number of methoxy groups -OCH3 is 1. The van der Waals surface area contributed by atoms with Gasteiger partial charge < -0.3 is 19.4 Å². The summed E-state index contributed by atoms with van der Waals surface area (Å²) in [5, 5.41) is 16.6. The average molecular weight is 249 g/mol. The molecular weight excluding hydrogens is 234 g/mol. The number of hydrogen-bond donors (Lipinski definition) is 1. The zero-order valence-electron chi connectivity index (χ0n) is 9.66. The van der Waals surface area contributed by atoms with Crippen LogP contribution in [0.4, 0.5) is 4.79 Å². The number of carbonyl (C=O) groups is 2. The summed E-state index contributed by atoms with van der Waals surface area (Å²) in [5.41, 5.74) is 0. The van der Waals surface area contributed by atoms with E-state index in [-0.39, 0.29) is 6.42 Å².